The highest BCUT2D eigenvalue weighted by molar-refractivity contribution is 5.80. The first kappa shape index (κ1) is 18.7. The van der Waals surface area contributed by atoms with Crippen molar-refractivity contribution in [2.45, 2.75) is 13.8 Å². The minimum Gasteiger partial charge on any atom is -0.497 e. The van der Waals surface area contributed by atoms with Crippen LogP contribution in [0.3, 0.4) is 0 Å². The van der Waals surface area contributed by atoms with Gasteiger partial charge < -0.3 is 4.74 Å². The lowest BCUT2D eigenvalue weighted by Crippen LogP contribution is -2.23. The van der Waals surface area contributed by atoms with Crippen LogP contribution in [0, 0.1) is 13.8 Å². The first-order chi connectivity index (χ1) is 14.1. The van der Waals surface area contributed by atoms with Crippen molar-refractivity contribution in [1.82, 2.24) is 9.55 Å². The molecule has 0 aliphatic carbocycles. The van der Waals surface area contributed by atoms with Crippen LogP contribution in [-0.4, -0.2) is 16.7 Å². The topological polar surface area (TPSA) is 44.1 Å². The van der Waals surface area contributed by atoms with E-state index in [0.717, 1.165) is 28.1 Å². The Kier molecular flexibility index (Phi) is 5.00. The molecule has 0 amide bonds. The van der Waals surface area contributed by atoms with Gasteiger partial charge in [-0.15, -0.1) is 0 Å². The molecular formula is C25H22N2O2. The lowest BCUT2D eigenvalue weighted by Gasteiger charge is -2.14. The summed E-state index contributed by atoms with van der Waals surface area (Å²) in [6, 6.07) is 21.3. The molecule has 0 N–H and O–H groups in total. The van der Waals surface area contributed by atoms with Crippen LogP contribution in [0.15, 0.2) is 71.5 Å². The van der Waals surface area contributed by atoms with Gasteiger partial charge in [-0.05, 0) is 61.4 Å². The Morgan fingerprint density at radius 2 is 1.69 bits per heavy atom. The van der Waals surface area contributed by atoms with Crippen molar-refractivity contribution in [3.63, 3.8) is 0 Å². The van der Waals surface area contributed by atoms with E-state index in [0.29, 0.717) is 16.7 Å². The monoisotopic (exact) mass is 382 g/mol. The number of methoxy groups -OCH3 is 1. The van der Waals surface area contributed by atoms with E-state index in [1.165, 1.54) is 0 Å². The van der Waals surface area contributed by atoms with Gasteiger partial charge in [-0.25, -0.2) is 4.98 Å². The number of para-hydroxylation sites is 1. The van der Waals surface area contributed by atoms with Gasteiger partial charge in [-0.3, -0.25) is 9.36 Å². The van der Waals surface area contributed by atoms with E-state index in [1.54, 1.807) is 11.7 Å². The zero-order chi connectivity index (χ0) is 20.4. The molecular weight excluding hydrogens is 360 g/mol. The molecule has 0 atom stereocenters. The number of nitrogens with zero attached hydrogens (tertiary/aromatic N) is 2. The number of hydrogen-bond acceptors (Lipinski definition) is 3. The van der Waals surface area contributed by atoms with Crippen LogP contribution >= 0.6 is 0 Å². The molecule has 4 aromatic rings. The molecule has 3 aromatic carbocycles. The van der Waals surface area contributed by atoms with Gasteiger partial charge in [0.25, 0.3) is 5.56 Å². The highest BCUT2D eigenvalue weighted by Crippen LogP contribution is 2.20. The number of aryl methyl sites for hydroxylation is 2. The number of hydrogen-bond donors (Lipinski definition) is 0. The predicted molar refractivity (Wildman–Crippen MR) is 119 cm³/mol. The molecule has 4 rings (SSSR count). The quantitative estimate of drug-likeness (QED) is 0.488. The molecule has 0 radical (unpaired) electrons. The second-order valence-corrected chi connectivity index (χ2v) is 7.02. The summed E-state index contributed by atoms with van der Waals surface area (Å²) in [7, 11) is 1.65. The van der Waals surface area contributed by atoms with Gasteiger partial charge >= 0.3 is 0 Å². The van der Waals surface area contributed by atoms with Crippen LogP contribution in [0.5, 0.6) is 5.75 Å². The SMILES string of the molecule is COc1ccc(/C=C/c2nc3ccccc3c(=O)n2-c2ccc(C)cc2C)cc1. The number of aromatic nitrogens is 2. The summed E-state index contributed by atoms with van der Waals surface area (Å²) in [5.74, 6) is 1.40. The second-order valence-electron chi connectivity index (χ2n) is 7.02. The third-order valence-electron chi connectivity index (χ3n) is 4.94. The number of benzene rings is 3. The third-order valence-corrected chi connectivity index (χ3v) is 4.94. The van der Waals surface area contributed by atoms with E-state index in [1.807, 2.05) is 86.7 Å². The second kappa shape index (κ2) is 7.76. The van der Waals surface area contributed by atoms with E-state index in [-0.39, 0.29) is 5.56 Å². The molecule has 29 heavy (non-hydrogen) atoms. The summed E-state index contributed by atoms with van der Waals surface area (Å²) in [6.07, 6.45) is 3.84. The van der Waals surface area contributed by atoms with E-state index < -0.39 is 0 Å². The Morgan fingerprint density at radius 1 is 0.931 bits per heavy atom. The Hall–Kier alpha value is -3.66. The van der Waals surface area contributed by atoms with Crippen molar-refractivity contribution < 1.29 is 4.74 Å². The summed E-state index contributed by atoms with van der Waals surface area (Å²) in [5.41, 5.74) is 4.64. The number of ether oxygens (including phenoxy) is 1. The van der Waals surface area contributed by atoms with Crippen LogP contribution < -0.4 is 10.3 Å². The summed E-state index contributed by atoms with van der Waals surface area (Å²) in [4.78, 5) is 18.1. The largest absolute Gasteiger partial charge is 0.497 e. The Balaban J connectivity index is 1.91. The van der Waals surface area contributed by atoms with Gasteiger partial charge in [-0.2, -0.15) is 0 Å². The van der Waals surface area contributed by atoms with Gasteiger partial charge in [0, 0.05) is 0 Å². The van der Waals surface area contributed by atoms with Crippen molar-refractivity contribution in [2.75, 3.05) is 7.11 Å². The molecule has 1 heterocycles. The molecule has 1 aromatic heterocycles. The Bertz CT molecular complexity index is 1270. The molecule has 0 unspecified atom stereocenters. The van der Waals surface area contributed by atoms with E-state index in [4.69, 9.17) is 9.72 Å². The molecule has 0 fully saturated rings. The van der Waals surface area contributed by atoms with Gasteiger partial charge in [0.05, 0.1) is 23.7 Å². The molecule has 0 bridgehead atoms. The van der Waals surface area contributed by atoms with Crippen LogP contribution in [-0.2, 0) is 0 Å². The summed E-state index contributed by atoms with van der Waals surface area (Å²) >= 11 is 0. The van der Waals surface area contributed by atoms with E-state index in [9.17, 15) is 4.79 Å². The van der Waals surface area contributed by atoms with Crippen molar-refractivity contribution in [1.29, 1.82) is 0 Å². The molecule has 4 heteroatoms. The van der Waals surface area contributed by atoms with Crippen LogP contribution in [0.4, 0.5) is 0 Å². The van der Waals surface area contributed by atoms with Crippen molar-refractivity contribution in [2.24, 2.45) is 0 Å². The molecule has 0 saturated carbocycles. The molecule has 0 saturated heterocycles. The summed E-state index contributed by atoms with van der Waals surface area (Å²) < 4.78 is 6.91. The van der Waals surface area contributed by atoms with Crippen LogP contribution in [0.25, 0.3) is 28.7 Å². The van der Waals surface area contributed by atoms with Gasteiger partial charge in [0.2, 0.25) is 0 Å². The van der Waals surface area contributed by atoms with Crippen LogP contribution in [0.2, 0.25) is 0 Å². The average Bonchev–Trinajstić information content (AvgIpc) is 2.73. The highest BCUT2D eigenvalue weighted by Gasteiger charge is 2.12. The molecule has 0 aliphatic rings. The maximum atomic E-state index is 13.4. The minimum absolute atomic E-state index is 0.0723. The van der Waals surface area contributed by atoms with E-state index in [2.05, 4.69) is 6.07 Å². The normalized spacial score (nSPS) is 11.3. The molecule has 0 aliphatic heterocycles. The van der Waals surface area contributed by atoms with Gasteiger partial charge in [0.1, 0.15) is 11.6 Å². The summed E-state index contributed by atoms with van der Waals surface area (Å²) in [5, 5.41) is 0.606. The lowest BCUT2D eigenvalue weighted by atomic mass is 10.1. The molecule has 4 nitrogen and oxygen atoms in total. The highest BCUT2D eigenvalue weighted by atomic mass is 16.5. The standard InChI is InChI=1S/C25H22N2O2/c1-17-8-14-23(18(2)16-17)27-24(15-11-19-9-12-20(29-3)13-10-19)26-22-7-5-4-6-21(22)25(27)28/h4-16H,1-3H3/b15-11+. The fourth-order valence-electron chi connectivity index (χ4n) is 3.44. The van der Waals surface area contributed by atoms with Crippen LogP contribution in [0.1, 0.15) is 22.5 Å². The molecule has 144 valence electrons. The lowest BCUT2D eigenvalue weighted by molar-refractivity contribution is 0.415. The first-order valence-corrected chi connectivity index (χ1v) is 9.48. The maximum absolute atomic E-state index is 13.4. The van der Waals surface area contributed by atoms with Gasteiger partial charge in [-0.1, -0.05) is 48.0 Å². The summed E-state index contributed by atoms with van der Waals surface area (Å²) in [6.45, 7) is 4.06. The Labute approximate surface area is 169 Å². The number of rotatable bonds is 4. The predicted octanol–water partition coefficient (Wildman–Crippen LogP) is 5.18. The smallest absolute Gasteiger partial charge is 0.266 e. The average molecular weight is 382 g/mol. The fourth-order valence-corrected chi connectivity index (χ4v) is 3.44. The Morgan fingerprint density at radius 3 is 2.41 bits per heavy atom. The third kappa shape index (κ3) is 3.69. The fraction of sp³-hybridized carbons (Fsp3) is 0.120. The zero-order valence-electron chi connectivity index (χ0n) is 16.7. The molecule has 0 spiro atoms. The first-order valence-electron chi connectivity index (χ1n) is 9.48. The van der Waals surface area contributed by atoms with Crippen molar-refractivity contribution in [3.05, 3.63) is 99.6 Å². The van der Waals surface area contributed by atoms with E-state index >= 15 is 0 Å². The number of fused-ring (bicyclic) bond motifs is 1. The van der Waals surface area contributed by atoms with Crippen molar-refractivity contribution in [3.8, 4) is 11.4 Å². The zero-order valence-corrected chi connectivity index (χ0v) is 16.7. The van der Waals surface area contributed by atoms with Crippen molar-refractivity contribution >= 4 is 23.1 Å². The minimum atomic E-state index is -0.0723. The maximum Gasteiger partial charge on any atom is 0.266 e. The van der Waals surface area contributed by atoms with Gasteiger partial charge in [0.15, 0.2) is 0 Å².